The number of fused-ring (bicyclic) bond motifs is 1. The van der Waals surface area contributed by atoms with Gasteiger partial charge in [-0.05, 0) is 18.4 Å². The summed E-state index contributed by atoms with van der Waals surface area (Å²) < 4.78 is 0. The largest absolute Gasteiger partial charge is 0.298 e. The second-order valence-corrected chi connectivity index (χ2v) is 5.73. The van der Waals surface area contributed by atoms with Crippen molar-refractivity contribution in [3.63, 3.8) is 0 Å². The normalized spacial score (nSPS) is 19.9. The van der Waals surface area contributed by atoms with E-state index in [1.807, 2.05) is 45.0 Å². The Morgan fingerprint density at radius 3 is 2.53 bits per heavy atom. The molecule has 1 aromatic carbocycles. The van der Waals surface area contributed by atoms with Gasteiger partial charge in [0.15, 0.2) is 5.78 Å². The fourth-order valence-electron chi connectivity index (χ4n) is 2.37. The molecule has 0 saturated heterocycles. The van der Waals surface area contributed by atoms with Gasteiger partial charge in [0.2, 0.25) is 0 Å². The number of carbonyl (C=O) groups excluding carboxylic acids is 2. The van der Waals surface area contributed by atoms with Gasteiger partial charge >= 0.3 is 0 Å². The molecule has 90 valence electrons. The van der Waals surface area contributed by atoms with Gasteiger partial charge in [-0.3, -0.25) is 9.59 Å². The van der Waals surface area contributed by atoms with Crippen LogP contribution in [0.5, 0.6) is 0 Å². The van der Waals surface area contributed by atoms with Crippen LogP contribution in [0.25, 0.3) is 0 Å². The lowest BCUT2D eigenvalue weighted by Crippen LogP contribution is -2.36. The molecule has 0 bridgehead atoms. The molecule has 2 heteroatoms. The fourth-order valence-corrected chi connectivity index (χ4v) is 2.37. The second kappa shape index (κ2) is 4.10. The van der Waals surface area contributed by atoms with Crippen LogP contribution in [0.3, 0.4) is 0 Å². The summed E-state index contributed by atoms with van der Waals surface area (Å²) in [5.41, 5.74) is 1.38. The van der Waals surface area contributed by atoms with Gasteiger partial charge in [-0.2, -0.15) is 0 Å². The van der Waals surface area contributed by atoms with E-state index in [-0.39, 0.29) is 11.6 Å². The van der Waals surface area contributed by atoms with Gasteiger partial charge in [0.25, 0.3) is 0 Å². The third-order valence-electron chi connectivity index (χ3n) is 3.36. The molecular formula is C15H18O2. The highest BCUT2D eigenvalue weighted by Gasteiger charge is 2.37. The summed E-state index contributed by atoms with van der Waals surface area (Å²) in [5, 5.41) is 0. The summed E-state index contributed by atoms with van der Waals surface area (Å²) in [4.78, 5) is 24.5. The highest BCUT2D eigenvalue weighted by molar-refractivity contribution is 6.13. The van der Waals surface area contributed by atoms with Crippen molar-refractivity contribution in [2.24, 2.45) is 11.3 Å². The van der Waals surface area contributed by atoms with E-state index in [4.69, 9.17) is 0 Å². The number of carbonyl (C=O) groups is 2. The van der Waals surface area contributed by atoms with Gasteiger partial charge in [0.05, 0.1) is 5.92 Å². The van der Waals surface area contributed by atoms with Crippen molar-refractivity contribution in [3.05, 3.63) is 35.4 Å². The van der Waals surface area contributed by atoms with Crippen LogP contribution < -0.4 is 0 Å². The molecule has 17 heavy (non-hydrogen) atoms. The average Bonchev–Trinajstić information content (AvgIpc) is 2.28. The van der Waals surface area contributed by atoms with E-state index in [1.165, 1.54) is 0 Å². The summed E-state index contributed by atoms with van der Waals surface area (Å²) >= 11 is 0. The van der Waals surface area contributed by atoms with Gasteiger partial charge in [-0.15, -0.1) is 0 Å². The number of benzene rings is 1. The fraction of sp³-hybridized carbons (Fsp3) is 0.467. The lowest BCUT2D eigenvalue weighted by atomic mass is 9.74. The number of aryl methyl sites for hydroxylation is 1. The van der Waals surface area contributed by atoms with E-state index in [0.717, 1.165) is 17.5 Å². The lowest BCUT2D eigenvalue weighted by Gasteiger charge is -2.27. The predicted molar refractivity (Wildman–Crippen MR) is 67.0 cm³/mol. The standard InChI is InChI=1S/C15H18O2/c1-15(2,3)14(17)12-9-8-10-6-4-5-7-11(10)13(12)16/h4-7,12H,8-9H2,1-3H3. The molecule has 0 fully saturated rings. The van der Waals surface area contributed by atoms with Crippen LogP contribution in [0.2, 0.25) is 0 Å². The monoisotopic (exact) mass is 230 g/mol. The maximum absolute atomic E-state index is 12.3. The smallest absolute Gasteiger partial charge is 0.173 e. The molecule has 1 aliphatic rings. The average molecular weight is 230 g/mol. The number of hydrogen-bond acceptors (Lipinski definition) is 2. The van der Waals surface area contributed by atoms with Crippen LogP contribution in [0, 0.1) is 11.3 Å². The highest BCUT2D eigenvalue weighted by atomic mass is 16.2. The molecule has 0 radical (unpaired) electrons. The van der Waals surface area contributed by atoms with Crippen molar-refractivity contribution < 1.29 is 9.59 Å². The van der Waals surface area contributed by atoms with Crippen LogP contribution in [0.15, 0.2) is 24.3 Å². The predicted octanol–water partition coefficient (Wildman–Crippen LogP) is 3.05. The summed E-state index contributed by atoms with van der Waals surface area (Å²) in [6.45, 7) is 5.63. The van der Waals surface area contributed by atoms with E-state index in [0.29, 0.717) is 6.42 Å². The zero-order chi connectivity index (χ0) is 12.6. The van der Waals surface area contributed by atoms with Crippen molar-refractivity contribution in [2.75, 3.05) is 0 Å². The molecule has 2 rings (SSSR count). The van der Waals surface area contributed by atoms with E-state index in [9.17, 15) is 9.59 Å². The number of rotatable bonds is 1. The minimum atomic E-state index is -0.440. The maximum atomic E-state index is 12.3. The number of Topliss-reactive ketones (excluding diaryl/α,β-unsaturated/α-hetero) is 2. The Labute approximate surface area is 102 Å². The molecule has 0 spiro atoms. The van der Waals surface area contributed by atoms with Crippen LogP contribution in [0.1, 0.15) is 43.1 Å². The third-order valence-corrected chi connectivity index (χ3v) is 3.36. The number of ketones is 2. The zero-order valence-corrected chi connectivity index (χ0v) is 10.6. The molecular weight excluding hydrogens is 212 g/mol. The Morgan fingerprint density at radius 1 is 1.24 bits per heavy atom. The SMILES string of the molecule is CC(C)(C)C(=O)C1CCc2ccccc2C1=O. The molecule has 0 heterocycles. The summed E-state index contributed by atoms with van der Waals surface area (Å²) in [7, 11) is 0. The van der Waals surface area contributed by atoms with Crippen molar-refractivity contribution in [1.29, 1.82) is 0 Å². The Morgan fingerprint density at radius 2 is 1.88 bits per heavy atom. The highest BCUT2D eigenvalue weighted by Crippen LogP contribution is 2.31. The topological polar surface area (TPSA) is 34.1 Å². The van der Waals surface area contributed by atoms with E-state index >= 15 is 0 Å². The molecule has 2 nitrogen and oxygen atoms in total. The second-order valence-electron chi connectivity index (χ2n) is 5.73. The molecule has 0 saturated carbocycles. The van der Waals surface area contributed by atoms with Gasteiger partial charge in [0.1, 0.15) is 5.78 Å². The first-order valence-corrected chi connectivity index (χ1v) is 6.07. The molecule has 1 unspecified atom stereocenters. The van der Waals surface area contributed by atoms with Crippen molar-refractivity contribution in [3.8, 4) is 0 Å². The van der Waals surface area contributed by atoms with E-state index in [2.05, 4.69) is 0 Å². The van der Waals surface area contributed by atoms with Gasteiger partial charge in [-0.1, -0.05) is 45.0 Å². The Kier molecular flexibility index (Phi) is 2.90. The van der Waals surface area contributed by atoms with Crippen LogP contribution in [-0.4, -0.2) is 11.6 Å². The molecule has 1 aliphatic carbocycles. The Balaban J connectivity index is 2.33. The third kappa shape index (κ3) is 2.17. The van der Waals surface area contributed by atoms with Crippen LogP contribution >= 0.6 is 0 Å². The Bertz CT molecular complexity index is 466. The minimum absolute atomic E-state index is 0.00627. The van der Waals surface area contributed by atoms with Crippen LogP contribution in [-0.2, 0) is 11.2 Å². The van der Waals surface area contributed by atoms with Crippen LogP contribution in [0.4, 0.5) is 0 Å². The van der Waals surface area contributed by atoms with Crippen molar-refractivity contribution in [2.45, 2.75) is 33.6 Å². The summed E-state index contributed by atoms with van der Waals surface area (Å²) in [5.74, 6) is -0.367. The number of hydrogen-bond donors (Lipinski definition) is 0. The lowest BCUT2D eigenvalue weighted by molar-refractivity contribution is -0.129. The first kappa shape index (κ1) is 12.0. The minimum Gasteiger partial charge on any atom is -0.298 e. The van der Waals surface area contributed by atoms with E-state index < -0.39 is 11.3 Å². The van der Waals surface area contributed by atoms with Crippen molar-refractivity contribution in [1.82, 2.24) is 0 Å². The maximum Gasteiger partial charge on any atom is 0.173 e. The quantitative estimate of drug-likeness (QED) is 0.695. The first-order valence-electron chi connectivity index (χ1n) is 6.07. The van der Waals surface area contributed by atoms with Gasteiger partial charge < -0.3 is 0 Å². The zero-order valence-electron chi connectivity index (χ0n) is 10.6. The van der Waals surface area contributed by atoms with Gasteiger partial charge in [-0.25, -0.2) is 0 Å². The molecule has 0 N–H and O–H groups in total. The van der Waals surface area contributed by atoms with Gasteiger partial charge in [0, 0.05) is 11.0 Å². The van der Waals surface area contributed by atoms with Crippen molar-refractivity contribution >= 4 is 11.6 Å². The molecule has 1 aromatic rings. The summed E-state index contributed by atoms with van der Waals surface area (Å²) in [6.07, 6.45) is 1.49. The Hall–Kier alpha value is -1.44. The summed E-state index contributed by atoms with van der Waals surface area (Å²) in [6, 6.07) is 7.61. The molecule has 0 aliphatic heterocycles. The molecule has 0 amide bonds. The first-order chi connectivity index (χ1) is 7.91. The van der Waals surface area contributed by atoms with E-state index in [1.54, 1.807) is 0 Å². The molecule has 0 aromatic heterocycles. The molecule has 1 atom stereocenters.